The first-order chi connectivity index (χ1) is 10.8. The van der Waals surface area contributed by atoms with E-state index in [1.165, 1.54) is 0 Å². The van der Waals surface area contributed by atoms with Gasteiger partial charge in [0.25, 0.3) is 0 Å². The number of nitrogens with one attached hydrogen (secondary N) is 1. The molecule has 2 aliphatic rings. The van der Waals surface area contributed by atoms with Crippen LogP contribution in [-0.4, -0.2) is 37.9 Å². The van der Waals surface area contributed by atoms with Crippen LogP contribution in [0.2, 0.25) is 5.02 Å². The van der Waals surface area contributed by atoms with E-state index in [1.54, 1.807) is 23.5 Å². The average molecular weight is 357 g/mol. The molecule has 2 aliphatic heterocycles. The van der Waals surface area contributed by atoms with Gasteiger partial charge < -0.3 is 5.32 Å². The van der Waals surface area contributed by atoms with Crippen molar-refractivity contribution in [2.24, 2.45) is 0 Å². The minimum atomic E-state index is -3.57. The molecule has 3 rings (SSSR count). The lowest BCUT2D eigenvalue weighted by molar-refractivity contribution is 0.251. The van der Waals surface area contributed by atoms with Crippen LogP contribution in [0.25, 0.3) is 0 Å². The summed E-state index contributed by atoms with van der Waals surface area (Å²) < 4.78 is 27.7. The SMILES string of the molecule is CC(C)c1ccc(Cl)c(S(=O)(=O)N(C)C2CC3CCC(C2)N3)c1. The van der Waals surface area contributed by atoms with Gasteiger partial charge in [-0.05, 0) is 49.3 Å². The van der Waals surface area contributed by atoms with E-state index in [1.807, 2.05) is 19.9 Å². The van der Waals surface area contributed by atoms with E-state index in [0.29, 0.717) is 17.1 Å². The molecule has 2 unspecified atom stereocenters. The first-order valence-corrected chi connectivity index (χ1v) is 10.1. The summed E-state index contributed by atoms with van der Waals surface area (Å²) in [6.07, 6.45) is 4.07. The van der Waals surface area contributed by atoms with Crippen molar-refractivity contribution in [3.8, 4) is 0 Å². The number of fused-ring (bicyclic) bond motifs is 2. The number of rotatable bonds is 4. The van der Waals surface area contributed by atoms with Gasteiger partial charge in [0.1, 0.15) is 4.90 Å². The van der Waals surface area contributed by atoms with E-state index in [2.05, 4.69) is 5.32 Å². The molecule has 1 N–H and O–H groups in total. The second kappa shape index (κ2) is 6.36. The van der Waals surface area contributed by atoms with E-state index in [-0.39, 0.29) is 16.9 Å². The minimum absolute atomic E-state index is 0.0533. The van der Waals surface area contributed by atoms with Crippen molar-refractivity contribution >= 4 is 21.6 Å². The molecule has 2 bridgehead atoms. The third-order valence-electron chi connectivity index (χ3n) is 5.24. The van der Waals surface area contributed by atoms with Crippen LogP contribution in [0.4, 0.5) is 0 Å². The lowest BCUT2D eigenvalue weighted by Crippen LogP contribution is -2.48. The number of hydrogen-bond donors (Lipinski definition) is 1. The van der Waals surface area contributed by atoms with E-state index < -0.39 is 10.0 Å². The molecule has 23 heavy (non-hydrogen) atoms. The number of hydrogen-bond acceptors (Lipinski definition) is 3. The molecule has 2 heterocycles. The van der Waals surface area contributed by atoms with Crippen molar-refractivity contribution in [1.29, 1.82) is 0 Å². The Morgan fingerprint density at radius 2 is 1.83 bits per heavy atom. The number of nitrogens with zero attached hydrogens (tertiary/aromatic N) is 1. The number of benzene rings is 1. The summed E-state index contributed by atoms with van der Waals surface area (Å²) in [5, 5.41) is 3.86. The van der Waals surface area contributed by atoms with Crippen LogP contribution in [0.5, 0.6) is 0 Å². The van der Waals surface area contributed by atoms with Gasteiger partial charge in [-0.25, -0.2) is 8.42 Å². The highest BCUT2D eigenvalue weighted by Gasteiger charge is 2.39. The molecule has 0 saturated carbocycles. The van der Waals surface area contributed by atoms with Crippen molar-refractivity contribution in [2.45, 2.75) is 68.5 Å². The molecule has 128 valence electrons. The zero-order valence-electron chi connectivity index (χ0n) is 13.9. The lowest BCUT2D eigenvalue weighted by Gasteiger charge is -2.35. The fourth-order valence-electron chi connectivity index (χ4n) is 3.75. The highest BCUT2D eigenvalue weighted by atomic mass is 35.5. The van der Waals surface area contributed by atoms with Gasteiger partial charge >= 0.3 is 0 Å². The molecule has 1 aromatic rings. The zero-order valence-corrected chi connectivity index (χ0v) is 15.5. The second-order valence-electron chi connectivity index (χ2n) is 7.13. The predicted molar refractivity (Wildman–Crippen MR) is 93.5 cm³/mol. The molecule has 0 radical (unpaired) electrons. The third kappa shape index (κ3) is 3.29. The van der Waals surface area contributed by atoms with E-state index in [0.717, 1.165) is 31.2 Å². The summed E-state index contributed by atoms with van der Waals surface area (Å²) in [4.78, 5) is 0.235. The van der Waals surface area contributed by atoms with E-state index in [9.17, 15) is 8.42 Å². The third-order valence-corrected chi connectivity index (χ3v) is 7.63. The fourth-order valence-corrected chi connectivity index (χ4v) is 5.64. The minimum Gasteiger partial charge on any atom is -0.311 e. The fraction of sp³-hybridized carbons (Fsp3) is 0.647. The van der Waals surface area contributed by atoms with E-state index >= 15 is 0 Å². The van der Waals surface area contributed by atoms with Gasteiger partial charge in [0.2, 0.25) is 10.0 Å². The Kier molecular flexibility index (Phi) is 4.76. The number of halogens is 1. The van der Waals surface area contributed by atoms with Gasteiger partial charge in [0.05, 0.1) is 5.02 Å². The summed E-state index contributed by atoms with van der Waals surface area (Å²) in [5.41, 5.74) is 0.992. The van der Waals surface area contributed by atoms with Crippen LogP contribution in [0.1, 0.15) is 51.0 Å². The van der Waals surface area contributed by atoms with Crippen LogP contribution in [0, 0.1) is 0 Å². The Balaban J connectivity index is 1.90. The molecule has 1 aromatic carbocycles. The average Bonchev–Trinajstić information content (AvgIpc) is 2.84. The normalized spacial score (nSPS) is 27.8. The molecule has 0 aliphatic carbocycles. The zero-order chi connectivity index (χ0) is 16.8. The largest absolute Gasteiger partial charge is 0.311 e. The van der Waals surface area contributed by atoms with Crippen molar-refractivity contribution < 1.29 is 8.42 Å². The number of piperidine rings is 1. The lowest BCUT2D eigenvalue weighted by atomic mass is 10.0. The molecule has 0 spiro atoms. The Morgan fingerprint density at radius 1 is 1.22 bits per heavy atom. The Bertz CT molecular complexity index is 678. The number of sulfonamides is 1. The van der Waals surface area contributed by atoms with Crippen molar-refractivity contribution in [3.05, 3.63) is 28.8 Å². The monoisotopic (exact) mass is 356 g/mol. The summed E-state index contributed by atoms with van der Waals surface area (Å²) in [6.45, 7) is 4.10. The first kappa shape index (κ1) is 17.2. The quantitative estimate of drug-likeness (QED) is 0.899. The highest BCUT2D eigenvalue weighted by molar-refractivity contribution is 7.89. The maximum absolute atomic E-state index is 13.1. The maximum Gasteiger partial charge on any atom is 0.244 e. The molecular weight excluding hydrogens is 332 g/mol. The smallest absolute Gasteiger partial charge is 0.244 e. The summed E-state index contributed by atoms with van der Waals surface area (Å²) in [5.74, 6) is 0.265. The van der Waals surface area contributed by atoms with Gasteiger partial charge in [0.15, 0.2) is 0 Å². The molecule has 4 nitrogen and oxygen atoms in total. The molecule has 0 amide bonds. The summed E-state index contributed by atoms with van der Waals surface area (Å²) >= 11 is 6.22. The molecule has 6 heteroatoms. The Morgan fingerprint density at radius 3 is 2.39 bits per heavy atom. The molecule has 2 atom stereocenters. The van der Waals surface area contributed by atoms with Crippen LogP contribution in [-0.2, 0) is 10.0 Å². The topological polar surface area (TPSA) is 49.4 Å². The second-order valence-corrected chi connectivity index (χ2v) is 9.50. The van der Waals surface area contributed by atoms with Gasteiger partial charge in [-0.15, -0.1) is 0 Å². The molecule has 2 saturated heterocycles. The molecular formula is C17H25ClN2O2S. The first-order valence-electron chi connectivity index (χ1n) is 8.32. The van der Waals surface area contributed by atoms with Crippen molar-refractivity contribution in [1.82, 2.24) is 9.62 Å². The van der Waals surface area contributed by atoms with Crippen LogP contribution >= 0.6 is 11.6 Å². The highest BCUT2D eigenvalue weighted by Crippen LogP contribution is 2.34. The predicted octanol–water partition coefficient (Wildman–Crippen LogP) is 3.37. The van der Waals surface area contributed by atoms with Crippen LogP contribution in [0.15, 0.2) is 23.1 Å². The summed E-state index contributed by atoms with van der Waals surface area (Å²) in [6, 6.07) is 6.29. The van der Waals surface area contributed by atoms with Gasteiger partial charge in [-0.1, -0.05) is 31.5 Å². The van der Waals surface area contributed by atoms with Gasteiger partial charge in [-0.3, -0.25) is 0 Å². The van der Waals surface area contributed by atoms with Gasteiger partial charge in [0, 0.05) is 25.2 Å². The summed E-state index contributed by atoms with van der Waals surface area (Å²) in [7, 11) is -1.87. The maximum atomic E-state index is 13.1. The van der Waals surface area contributed by atoms with Crippen LogP contribution in [0.3, 0.4) is 0 Å². The van der Waals surface area contributed by atoms with Crippen molar-refractivity contribution in [2.75, 3.05) is 7.05 Å². The van der Waals surface area contributed by atoms with Crippen molar-refractivity contribution in [3.63, 3.8) is 0 Å². The standard InChI is InChI=1S/C17H25ClN2O2S/c1-11(2)12-4-7-16(18)17(8-12)23(21,22)20(3)15-9-13-5-6-14(10-15)19-13/h4,7-8,11,13-15,19H,5-6,9-10H2,1-3H3. The Hall–Kier alpha value is -0.620. The molecule has 2 fully saturated rings. The van der Waals surface area contributed by atoms with Gasteiger partial charge in [-0.2, -0.15) is 4.31 Å². The molecule has 0 aromatic heterocycles. The van der Waals surface area contributed by atoms with Crippen LogP contribution < -0.4 is 5.32 Å². The Labute approximate surface area is 144 Å². The van der Waals surface area contributed by atoms with E-state index in [4.69, 9.17) is 11.6 Å².